The van der Waals surface area contributed by atoms with Crippen LogP contribution < -0.4 is 0 Å². The van der Waals surface area contributed by atoms with Crippen molar-refractivity contribution in [3.05, 3.63) is 35.9 Å². The minimum atomic E-state index is -0.291. The van der Waals surface area contributed by atoms with E-state index < -0.39 is 0 Å². The van der Waals surface area contributed by atoms with Crippen LogP contribution in [-0.4, -0.2) is 48.6 Å². The third-order valence-corrected chi connectivity index (χ3v) is 5.34. The lowest BCUT2D eigenvalue weighted by Gasteiger charge is -2.49. The first kappa shape index (κ1) is 14.6. The van der Waals surface area contributed by atoms with Gasteiger partial charge in [0.2, 0.25) is 0 Å². The number of nitrogens with zero attached hydrogens (tertiary/aromatic N) is 3. The molecule has 3 heteroatoms. The van der Waals surface area contributed by atoms with Gasteiger partial charge in [0, 0.05) is 32.1 Å². The van der Waals surface area contributed by atoms with Crippen LogP contribution in [0.5, 0.6) is 0 Å². The summed E-state index contributed by atoms with van der Waals surface area (Å²) in [5.41, 5.74) is 1.05. The van der Waals surface area contributed by atoms with Gasteiger partial charge < -0.3 is 4.90 Å². The van der Waals surface area contributed by atoms with Gasteiger partial charge in [0.25, 0.3) is 0 Å². The van der Waals surface area contributed by atoms with Gasteiger partial charge in [-0.25, -0.2) is 0 Å². The summed E-state index contributed by atoms with van der Waals surface area (Å²) < 4.78 is 0. The molecule has 3 rings (SSSR count). The number of rotatable bonds is 2. The minimum absolute atomic E-state index is 0.291. The van der Waals surface area contributed by atoms with E-state index >= 15 is 0 Å². The molecule has 2 atom stereocenters. The maximum absolute atomic E-state index is 10.1. The van der Waals surface area contributed by atoms with Crippen molar-refractivity contribution in [1.82, 2.24) is 9.80 Å². The lowest BCUT2D eigenvalue weighted by molar-refractivity contribution is 0.0354. The summed E-state index contributed by atoms with van der Waals surface area (Å²) in [6.07, 6.45) is 4.59. The van der Waals surface area contributed by atoms with Gasteiger partial charge in [-0.15, -0.1) is 0 Å². The molecule has 0 bridgehead atoms. The topological polar surface area (TPSA) is 30.3 Å². The third kappa shape index (κ3) is 2.71. The number of likely N-dealkylation sites (N-methyl/N-ethyl adjacent to an activating group) is 1. The largest absolute Gasteiger partial charge is 0.304 e. The number of benzene rings is 1. The Labute approximate surface area is 128 Å². The Morgan fingerprint density at radius 3 is 2.48 bits per heavy atom. The van der Waals surface area contributed by atoms with Crippen molar-refractivity contribution in [2.75, 3.05) is 33.2 Å². The minimum Gasteiger partial charge on any atom is -0.304 e. The Bertz CT molecular complexity index is 499. The fourth-order valence-corrected chi connectivity index (χ4v) is 4.07. The Balaban J connectivity index is 1.91. The highest BCUT2D eigenvalue weighted by Crippen LogP contribution is 2.44. The number of nitriles is 1. The van der Waals surface area contributed by atoms with Gasteiger partial charge in [0.05, 0.1) is 6.07 Å². The Morgan fingerprint density at radius 2 is 1.81 bits per heavy atom. The average Bonchev–Trinajstić information content (AvgIpc) is 2.56. The van der Waals surface area contributed by atoms with E-state index in [1.807, 2.05) is 0 Å². The molecule has 3 nitrogen and oxygen atoms in total. The normalized spacial score (nSPS) is 31.7. The molecule has 2 aliphatic rings. The quantitative estimate of drug-likeness (QED) is 0.836. The molecule has 1 aliphatic carbocycles. The molecule has 1 heterocycles. The first-order valence-corrected chi connectivity index (χ1v) is 8.16. The second kappa shape index (κ2) is 6.17. The highest BCUT2D eigenvalue weighted by molar-refractivity contribution is 5.30. The van der Waals surface area contributed by atoms with Gasteiger partial charge in [-0.05, 0) is 25.5 Å². The Kier molecular flexibility index (Phi) is 4.28. The van der Waals surface area contributed by atoms with Crippen LogP contribution in [0.15, 0.2) is 30.3 Å². The molecule has 1 saturated carbocycles. The van der Waals surface area contributed by atoms with Gasteiger partial charge in [-0.1, -0.05) is 43.2 Å². The molecule has 0 N–H and O–H groups in total. The van der Waals surface area contributed by atoms with Gasteiger partial charge in [-0.2, -0.15) is 5.26 Å². The molecule has 0 radical (unpaired) electrons. The molecule has 2 unspecified atom stereocenters. The van der Waals surface area contributed by atoms with E-state index in [0.29, 0.717) is 5.92 Å². The standard InChI is InChI=1S/C18H25N3/c1-20-11-13-21(14-12-20)18(15-19)10-6-5-9-17(18)16-7-3-2-4-8-16/h2-4,7-8,17H,5-6,9-14H2,1H3. The molecule has 112 valence electrons. The van der Waals surface area contributed by atoms with E-state index in [4.69, 9.17) is 0 Å². The first-order chi connectivity index (χ1) is 10.3. The highest BCUT2D eigenvalue weighted by Gasteiger charge is 2.46. The summed E-state index contributed by atoms with van der Waals surface area (Å²) in [4.78, 5) is 4.84. The number of piperazine rings is 1. The van der Waals surface area contributed by atoms with Crippen molar-refractivity contribution in [1.29, 1.82) is 5.26 Å². The van der Waals surface area contributed by atoms with E-state index in [-0.39, 0.29) is 5.54 Å². The van der Waals surface area contributed by atoms with E-state index in [2.05, 4.69) is 53.2 Å². The molecule has 1 aliphatic heterocycles. The van der Waals surface area contributed by atoms with Crippen LogP contribution in [0.1, 0.15) is 37.2 Å². The van der Waals surface area contributed by atoms with Crippen molar-refractivity contribution in [2.24, 2.45) is 0 Å². The van der Waals surface area contributed by atoms with Gasteiger partial charge in [-0.3, -0.25) is 4.90 Å². The molecule has 21 heavy (non-hydrogen) atoms. The van der Waals surface area contributed by atoms with Crippen molar-refractivity contribution in [2.45, 2.75) is 37.1 Å². The number of hydrogen-bond acceptors (Lipinski definition) is 3. The van der Waals surface area contributed by atoms with Crippen LogP contribution in [0.25, 0.3) is 0 Å². The molecule has 1 saturated heterocycles. The van der Waals surface area contributed by atoms with Gasteiger partial charge >= 0.3 is 0 Å². The molecule has 1 aromatic carbocycles. The van der Waals surface area contributed by atoms with Crippen LogP contribution in [0.4, 0.5) is 0 Å². The maximum atomic E-state index is 10.1. The van der Waals surface area contributed by atoms with Crippen molar-refractivity contribution in [3.63, 3.8) is 0 Å². The molecule has 0 amide bonds. The molecule has 0 aromatic heterocycles. The lowest BCUT2D eigenvalue weighted by Crippen LogP contribution is -2.59. The monoisotopic (exact) mass is 283 g/mol. The second-order valence-corrected chi connectivity index (χ2v) is 6.54. The van der Waals surface area contributed by atoms with Crippen molar-refractivity contribution < 1.29 is 0 Å². The summed E-state index contributed by atoms with van der Waals surface area (Å²) in [5, 5.41) is 10.1. The molecular formula is C18H25N3. The predicted octanol–water partition coefficient (Wildman–Crippen LogP) is 2.85. The average molecular weight is 283 g/mol. The summed E-state index contributed by atoms with van der Waals surface area (Å²) in [6.45, 7) is 4.19. The van der Waals surface area contributed by atoms with E-state index in [9.17, 15) is 5.26 Å². The van der Waals surface area contributed by atoms with Crippen LogP contribution in [-0.2, 0) is 0 Å². The molecule has 1 aromatic rings. The Morgan fingerprint density at radius 1 is 1.10 bits per heavy atom. The van der Waals surface area contributed by atoms with Crippen LogP contribution in [0.3, 0.4) is 0 Å². The zero-order valence-electron chi connectivity index (χ0n) is 13.0. The van der Waals surface area contributed by atoms with E-state index in [1.54, 1.807) is 0 Å². The molecule has 0 spiro atoms. The van der Waals surface area contributed by atoms with Crippen molar-refractivity contribution >= 4 is 0 Å². The highest BCUT2D eigenvalue weighted by atomic mass is 15.3. The molecule has 2 fully saturated rings. The summed E-state index contributed by atoms with van der Waals surface area (Å²) >= 11 is 0. The SMILES string of the molecule is CN1CCN(C2(C#N)CCCCC2c2ccccc2)CC1. The molecular weight excluding hydrogens is 258 g/mol. The van der Waals surface area contributed by atoms with E-state index in [0.717, 1.165) is 39.0 Å². The number of hydrogen-bond donors (Lipinski definition) is 0. The fourth-order valence-electron chi connectivity index (χ4n) is 4.07. The van der Waals surface area contributed by atoms with Gasteiger partial charge in [0.15, 0.2) is 0 Å². The van der Waals surface area contributed by atoms with Crippen LogP contribution in [0, 0.1) is 11.3 Å². The van der Waals surface area contributed by atoms with Gasteiger partial charge in [0.1, 0.15) is 5.54 Å². The maximum Gasteiger partial charge on any atom is 0.116 e. The summed E-state index contributed by atoms with van der Waals surface area (Å²) in [7, 11) is 2.17. The second-order valence-electron chi connectivity index (χ2n) is 6.54. The van der Waals surface area contributed by atoms with Crippen LogP contribution >= 0.6 is 0 Å². The Hall–Kier alpha value is -1.37. The van der Waals surface area contributed by atoms with E-state index in [1.165, 1.54) is 18.4 Å². The lowest BCUT2D eigenvalue weighted by atomic mass is 9.69. The zero-order valence-corrected chi connectivity index (χ0v) is 13.0. The summed E-state index contributed by atoms with van der Waals surface area (Å²) in [6, 6.07) is 13.5. The van der Waals surface area contributed by atoms with Crippen molar-refractivity contribution in [3.8, 4) is 6.07 Å². The fraction of sp³-hybridized carbons (Fsp3) is 0.611. The zero-order chi connectivity index (χ0) is 14.7. The van der Waals surface area contributed by atoms with Crippen LogP contribution in [0.2, 0.25) is 0 Å². The summed E-state index contributed by atoms with van der Waals surface area (Å²) in [5.74, 6) is 0.362. The third-order valence-electron chi connectivity index (χ3n) is 5.34. The predicted molar refractivity (Wildman–Crippen MR) is 85.1 cm³/mol. The first-order valence-electron chi connectivity index (χ1n) is 8.16. The smallest absolute Gasteiger partial charge is 0.116 e.